The molecule has 0 radical (unpaired) electrons. The largest absolute Gasteiger partial charge is 0.303 e. The van der Waals surface area contributed by atoms with Gasteiger partial charge in [0.2, 0.25) is 0 Å². The van der Waals surface area contributed by atoms with E-state index in [-0.39, 0.29) is 5.92 Å². The molecular formula is C13H22O. The second-order valence-electron chi connectivity index (χ2n) is 5.23. The summed E-state index contributed by atoms with van der Waals surface area (Å²) in [5, 5.41) is 0. The summed E-state index contributed by atoms with van der Waals surface area (Å²) < 4.78 is 0. The first-order valence-corrected chi connectivity index (χ1v) is 5.61. The standard InChI is InChI=1S/C13H22O/c1-10(9-14)5-7-12-8-6-11(2)13(12,3)4/h6,9-10,12H,5,7-8H2,1-4H3. The van der Waals surface area contributed by atoms with Gasteiger partial charge in [-0.1, -0.05) is 32.4 Å². The molecule has 0 N–H and O–H groups in total. The quantitative estimate of drug-likeness (QED) is 0.493. The molecule has 0 saturated heterocycles. The smallest absolute Gasteiger partial charge is 0.122 e. The Labute approximate surface area is 87.6 Å². The predicted molar refractivity (Wildman–Crippen MR) is 60.1 cm³/mol. The highest BCUT2D eigenvalue weighted by atomic mass is 16.1. The van der Waals surface area contributed by atoms with E-state index >= 15 is 0 Å². The van der Waals surface area contributed by atoms with Gasteiger partial charge < -0.3 is 4.79 Å². The third-order valence-electron chi connectivity index (χ3n) is 3.95. The number of rotatable bonds is 4. The van der Waals surface area contributed by atoms with E-state index in [2.05, 4.69) is 26.8 Å². The summed E-state index contributed by atoms with van der Waals surface area (Å²) in [6.45, 7) is 8.88. The van der Waals surface area contributed by atoms with Gasteiger partial charge in [0.1, 0.15) is 6.29 Å². The van der Waals surface area contributed by atoms with Crippen molar-refractivity contribution in [3.05, 3.63) is 11.6 Å². The molecule has 0 fully saturated rings. The fourth-order valence-electron chi connectivity index (χ4n) is 2.21. The van der Waals surface area contributed by atoms with Crippen LogP contribution in [0.3, 0.4) is 0 Å². The lowest BCUT2D eigenvalue weighted by molar-refractivity contribution is -0.110. The van der Waals surface area contributed by atoms with E-state index in [0.717, 1.165) is 18.6 Å². The molecule has 0 amide bonds. The van der Waals surface area contributed by atoms with E-state index in [1.165, 1.54) is 18.4 Å². The van der Waals surface area contributed by atoms with Crippen molar-refractivity contribution in [2.24, 2.45) is 17.3 Å². The molecule has 1 rings (SSSR count). The Bertz CT molecular complexity index is 238. The maximum atomic E-state index is 10.5. The zero-order valence-electron chi connectivity index (χ0n) is 9.84. The first kappa shape index (κ1) is 11.5. The number of carbonyl (C=O) groups excluding carboxylic acids is 1. The Morgan fingerprint density at radius 1 is 1.64 bits per heavy atom. The second kappa shape index (κ2) is 4.29. The second-order valence-corrected chi connectivity index (χ2v) is 5.23. The first-order chi connectivity index (χ1) is 6.48. The minimum Gasteiger partial charge on any atom is -0.303 e. The van der Waals surface area contributed by atoms with Gasteiger partial charge in [0.25, 0.3) is 0 Å². The fourth-order valence-corrected chi connectivity index (χ4v) is 2.21. The van der Waals surface area contributed by atoms with Crippen LogP contribution in [0.15, 0.2) is 11.6 Å². The van der Waals surface area contributed by atoms with E-state index in [0.29, 0.717) is 5.41 Å². The average molecular weight is 194 g/mol. The molecule has 80 valence electrons. The Morgan fingerprint density at radius 3 is 2.71 bits per heavy atom. The number of hydrogen-bond donors (Lipinski definition) is 0. The third-order valence-corrected chi connectivity index (χ3v) is 3.95. The van der Waals surface area contributed by atoms with Crippen LogP contribution >= 0.6 is 0 Å². The van der Waals surface area contributed by atoms with Crippen LogP contribution in [-0.4, -0.2) is 6.29 Å². The predicted octanol–water partition coefficient (Wildman–Crippen LogP) is 3.59. The lowest BCUT2D eigenvalue weighted by Crippen LogP contribution is -2.21. The van der Waals surface area contributed by atoms with Gasteiger partial charge in [-0.05, 0) is 37.5 Å². The summed E-state index contributed by atoms with van der Waals surface area (Å²) in [6.07, 6.45) is 6.85. The van der Waals surface area contributed by atoms with Crippen molar-refractivity contribution in [3.8, 4) is 0 Å². The zero-order valence-corrected chi connectivity index (χ0v) is 9.84. The molecule has 14 heavy (non-hydrogen) atoms. The molecule has 1 aliphatic rings. The molecule has 0 spiro atoms. The fraction of sp³-hybridized carbons (Fsp3) is 0.769. The van der Waals surface area contributed by atoms with Crippen molar-refractivity contribution in [1.82, 2.24) is 0 Å². The molecule has 1 nitrogen and oxygen atoms in total. The Hall–Kier alpha value is -0.590. The Balaban J connectivity index is 2.45. The molecule has 0 saturated carbocycles. The average Bonchev–Trinajstić information content (AvgIpc) is 2.39. The summed E-state index contributed by atoms with van der Waals surface area (Å²) in [5.74, 6) is 0.969. The van der Waals surface area contributed by atoms with Crippen molar-refractivity contribution in [2.45, 2.75) is 47.0 Å². The SMILES string of the molecule is CC1=CCC(CCC(C)C=O)C1(C)C. The van der Waals surface area contributed by atoms with Gasteiger partial charge in [0.15, 0.2) is 0 Å². The number of carbonyl (C=O) groups is 1. The van der Waals surface area contributed by atoms with Gasteiger partial charge in [-0.25, -0.2) is 0 Å². The van der Waals surface area contributed by atoms with Crippen molar-refractivity contribution < 1.29 is 4.79 Å². The van der Waals surface area contributed by atoms with Crippen molar-refractivity contribution in [2.75, 3.05) is 0 Å². The van der Waals surface area contributed by atoms with E-state index < -0.39 is 0 Å². The molecule has 1 aliphatic carbocycles. The Kier molecular flexibility index (Phi) is 3.52. The highest BCUT2D eigenvalue weighted by molar-refractivity contribution is 5.52. The van der Waals surface area contributed by atoms with Crippen LogP contribution in [0.5, 0.6) is 0 Å². The highest BCUT2D eigenvalue weighted by Crippen LogP contribution is 2.45. The first-order valence-electron chi connectivity index (χ1n) is 5.61. The summed E-state index contributed by atoms with van der Waals surface area (Å²) in [4.78, 5) is 10.5. The normalized spacial score (nSPS) is 27.1. The zero-order chi connectivity index (χ0) is 10.8. The van der Waals surface area contributed by atoms with Gasteiger partial charge >= 0.3 is 0 Å². The van der Waals surface area contributed by atoms with Crippen LogP contribution in [0.1, 0.15) is 47.0 Å². The summed E-state index contributed by atoms with van der Waals surface area (Å²) in [6, 6.07) is 0. The van der Waals surface area contributed by atoms with Crippen molar-refractivity contribution >= 4 is 6.29 Å². The van der Waals surface area contributed by atoms with Crippen LogP contribution in [-0.2, 0) is 4.79 Å². The summed E-state index contributed by atoms with van der Waals surface area (Å²) in [7, 11) is 0. The molecule has 0 aliphatic heterocycles. The lowest BCUT2D eigenvalue weighted by atomic mass is 9.75. The number of hydrogen-bond acceptors (Lipinski definition) is 1. The molecule has 0 aromatic carbocycles. The molecule has 2 unspecified atom stereocenters. The topological polar surface area (TPSA) is 17.1 Å². The van der Waals surface area contributed by atoms with Crippen molar-refractivity contribution in [3.63, 3.8) is 0 Å². The van der Waals surface area contributed by atoms with E-state index in [1.54, 1.807) is 0 Å². The molecular weight excluding hydrogens is 172 g/mol. The maximum absolute atomic E-state index is 10.5. The van der Waals surface area contributed by atoms with Gasteiger partial charge in [-0.3, -0.25) is 0 Å². The van der Waals surface area contributed by atoms with Gasteiger partial charge in [0, 0.05) is 5.92 Å². The van der Waals surface area contributed by atoms with Crippen LogP contribution in [0, 0.1) is 17.3 Å². The lowest BCUT2D eigenvalue weighted by Gasteiger charge is -2.30. The minimum atomic E-state index is 0.228. The van der Waals surface area contributed by atoms with Gasteiger partial charge in [0.05, 0.1) is 0 Å². The summed E-state index contributed by atoms with van der Waals surface area (Å²) in [5.41, 5.74) is 1.86. The van der Waals surface area contributed by atoms with Crippen molar-refractivity contribution in [1.29, 1.82) is 0 Å². The van der Waals surface area contributed by atoms with Crippen LogP contribution < -0.4 is 0 Å². The molecule has 1 heteroatoms. The van der Waals surface area contributed by atoms with E-state index in [4.69, 9.17) is 0 Å². The highest BCUT2D eigenvalue weighted by Gasteiger charge is 2.34. The molecule has 0 bridgehead atoms. The van der Waals surface area contributed by atoms with E-state index in [1.807, 2.05) is 6.92 Å². The monoisotopic (exact) mass is 194 g/mol. The maximum Gasteiger partial charge on any atom is 0.122 e. The molecule has 0 heterocycles. The summed E-state index contributed by atoms with van der Waals surface area (Å²) >= 11 is 0. The Morgan fingerprint density at radius 2 is 2.29 bits per heavy atom. The van der Waals surface area contributed by atoms with Gasteiger partial charge in [-0.2, -0.15) is 0 Å². The van der Waals surface area contributed by atoms with Crippen LogP contribution in [0.4, 0.5) is 0 Å². The number of allylic oxidation sites excluding steroid dienone is 2. The van der Waals surface area contributed by atoms with Crippen LogP contribution in [0.25, 0.3) is 0 Å². The van der Waals surface area contributed by atoms with Gasteiger partial charge in [-0.15, -0.1) is 0 Å². The molecule has 2 atom stereocenters. The third kappa shape index (κ3) is 2.26. The molecule has 0 aromatic rings. The minimum absolute atomic E-state index is 0.228. The van der Waals surface area contributed by atoms with Crippen LogP contribution in [0.2, 0.25) is 0 Å². The molecule has 0 aromatic heterocycles. The van der Waals surface area contributed by atoms with E-state index in [9.17, 15) is 4.79 Å². The number of aldehydes is 1.